The molecule has 6 nitrogen and oxygen atoms in total. The van der Waals surface area contributed by atoms with Crippen LogP contribution in [0.2, 0.25) is 0 Å². The van der Waals surface area contributed by atoms with Crippen molar-refractivity contribution in [2.45, 2.75) is 13.3 Å². The lowest BCUT2D eigenvalue weighted by molar-refractivity contribution is -0.115. The van der Waals surface area contributed by atoms with E-state index in [1.165, 1.54) is 20.4 Å². The minimum absolute atomic E-state index is 0.123. The lowest BCUT2D eigenvalue weighted by atomic mass is 10.4. The van der Waals surface area contributed by atoms with Gasteiger partial charge in [-0.1, -0.05) is 6.92 Å². The highest BCUT2D eigenvalue weighted by Crippen LogP contribution is 2.22. The van der Waals surface area contributed by atoms with Gasteiger partial charge in [-0.05, 0) is 0 Å². The smallest absolute Gasteiger partial charge is 0.319 e. The van der Waals surface area contributed by atoms with Crippen molar-refractivity contribution in [3.63, 3.8) is 0 Å². The van der Waals surface area contributed by atoms with Crippen LogP contribution in [0, 0.1) is 0 Å². The van der Waals surface area contributed by atoms with E-state index in [4.69, 9.17) is 9.47 Å². The Bertz CT molecular complexity index is 354. The molecule has 0 bridgehead atoms. The van der Waals surface area contributed by atoms with Gasteiger partial charge in [0.15, 0.2) is 0 Å². The maximum Gasteiger partial charge on any atom is 0.319 e. The van der Waals surface area contributed by atoms with Crippen molar-refractivity contribution in [2.75, 3.05) is 19.5 Å². The minimum Gasteiger partial charge on any atom is -0.479 e. The number of nitrogens with one attached hydrogen (secondary N) is 1. The number of carbonyl (C=O) groups excluding carboxylic acids is 1. The molecule has 0 aromatic carbocycles. The van der Waals surface area contributed by atoms with Crippen molar-refractivity contribution in [3.05, 3.63) is 6.20 Å². The van der Waals surface area contributed by atoms with E-state index in [0.717, 1.165) is 0 Å². The number of anilines is 1. The van der Waals surface area contributed by atoms with Crippen molar-refractivity contribution >= 4 is 11.6 Å². The Balaban J connectivity index is 2.92. The Labute approximate surface area is 87.6 Å². The standard InChI is InChI=1S/C9H13N3O3/c1-4-7(13)11-6-5-10-9(15-3)12-8(6)14-2/h5H,4H2,1-3H3,(H,11,13). The molecule has 0 fully saturated rings. The summed E-state index contributed by atoms with van der Waals surface area (Å²) < 4.78 is 9.82. The van der Waals surface area contributed by atoms with Gasteiger partial charge in [0.1, 0.15) is 5.69 Å². The van der Waals surface area contributed by atoms with Crippen LogP contribution in [0.15, 0.2) is 6.20 Å². The zero-order valence-electron chi connectivity index (χ0n) is 8.90. The lowest BCUT2D eigenvalue weighted by Crippen LogP contribution is -2.11. The van der Waals surface area contributed by atoms with Gasteiger partial charge < -0.3 is 14.8 Å². The van der Waals surface area contributed by atoms with Crippen LogP contribution in [0.25, 0.3) is 0 Å². The normalized spacial score (nSPS) is 9.53. The third-order valence-electron chi connectivity index (χ3n) is 1.70. The molecule has 1 rings (SSSR count). The van der Waals surface area contributed by atoms with Gasteiger partial charge in [-0.3, -0.25) is 4.79 Å². The van der Waals surface area contributed by atoms with Crippen LogP contribution < -0.4 is 14.8 Å². The SMILES string of the molecule is CCC(=O)Nc1cnc(OC)nc1OC. The van der Waals surface area contributed by atoms with Gasteiger partial charge in [-0.2, -0.15) is 4.98 Å². The minimum atomic E-state index is -0.123. The first-order valence-electron chi connectivity index (χ1n) is 4.46. The molecule has 1 aromatic rings. The van der Waals surface area contributed by atoms with Crippen LogP contribution in [0.5, 0.6) is 11.9 Å². The summed E-state index contributed by atoms with van der Waals surface area (Å²) >= 11 is 0. The van der Waals surface area contributed by atoms with Crippen LogP contribution in [-0.2, 0) is 4.79 Å². The molecule has 0 saturated heterocycles. The number of methoxy groups -OCH3 is 2. The quantitative estimate of drug-likeness (QED) is 0.798. The van der Waals surface area contributed by atoms with Gasteiger partial charge in [0, 0.05) is 6.42 Å². The fraction of sp³-hybridized carbons (Fsp3) is 0.444. The van der Waals surface area contributed by atoms with Crippen LogP contribution in [-0.4, -0.2) is 30.1 Å². The van der Waals surface area contributed by atoms with Crippen molar-refractivity contribution in [3.8, 4) is 11.9 Å². The molecular formula is C9H13N3O3. The number of rotatable bonds is 4. The molecule has 0 aliphatic heterocycles. The van der Waals surface area contributed by atoms with Crippen molar-refractivity contribution in [2.24, 2.45) is 0 Å². The topological polar surface area (TPSA) is 73.3 Å². The highest BCUT2D eigenvalue weighted by atomic mass is 16.5. The zero-order chi connectivity index (χ0) is 11.3. The van der Waals surface area contributed by atoms with Gasteiger partial charge >= 0.3 is 6.01 Å². The van der Waals surface area contributed by atoms with E-state index in [0.29, 0.717) is 12.1 Å². The second-order valence-electron chi connectivity index (χ2n) is 2.68. The number of hydrogen-bond acceptors (Lipinski definition) is 5. The van der Waals surface area contributed by atoms with E-state index >= 15 is 0 Å². The molecule has 0 saturated carbocycles. The summed E-state index contributed by atoms with van der Waals surface area (Å²) in [4.78, 5) is 18.9. The van der Waals surface area contributed by atoms with E-state index in [1.807, 2.05) is 0 Å². The summed E-state index contributed by atoms with van der Waals surface area (Å²) in [7, 11) is 2.92. The average Bonchev–Trinajstić information content (AvgIpc) is 2.29. The first-order valence-corrected chi connectivity index (χ1v) is 4.46. The Morgan fingerprint density at radius 3 is 2.73 bits per heavy atom. The average molecular weight is 211 g/mol. The third-order valence-corrected chi connectivity index (χ3v) is 1.70. The van der Waals surface area contributed by atoms with Gasteiger partial charge in [0.25, 0.3) is 0 Å². The fourth-order valence-corrected chi connectivity index (χ4v) is 0.929. The Morgan fingerprint density at radius 1 is 1.47 bits per heavy atom. The maximum atomic E-state index is 11.2. The van der Waals surface area contributed by atoms with E-state index in [1.54, 1.807) is 6.92 Å². The molecule has 1 amide bonds. The Morgan fingerprint density at radius 2 is 2.20 bits per heavy atom. The first kappa shape index (κ1) is 11.2. The molecule has 0 radical (unpaired) electrons. The molecule has 0 aliphatic rings. The number of hydrogen-bond donors (Lipinski definition) is 1. The number of carbonyl (C=O) groups is 1. The highest BCUT2D eigenvalue weighted by Gasteiger charge is 2.09. The zero-order valence-corrected chi connectivity index (χ0v) is 8.90. The van der Waals surface area contributed by atoms with Crippen molar-refractivity contribution in [1.82, 2.24) is 9.97 Å². The summed E-state index contributed by atoms with van der Waals surface area (Å²) in [5.74, 6) is 0.158. The fourth-order valence-electron chi connectivity index (χ4n) is 0.929. The lowest BCUT2D eigenvalue weighted by Gasteiger charge is -2.08. The molecule has 0 spiro atoms. The Hall–Kier alpha value is -1.85. The molecule has 15 heavy (non-hydrogen) atoms. The number of aromatic nitrogens is 2. The summed E-state index contributed by atoms with van der Waals surface area (Å²) in [5.41, 5.74) is 0.435. The predicted molar refractivity (Wildman–Crippen MR) is 54.1 cm³/mol. The molecule has 1 heterocycles. The van der Waals surface area contributed by atoms with E-state index in [-0.39, 0.29) is 17.8 Å². The van der Waals surface area contributed by atoms with Crippen molar-refractivity contribution < 1.29 is 14.3 Å². The molecule has 0 unspecified atom stereocenters. The molecular weight excluding hydrogens is 198 g/mol. The predicted octanol–water partition coefficient (Wildman–Crippen LogP) is 0.842. The van der Waals surface area contributed by atoms with Crippen LogP contribution in [0.1, 0.15) is 13.3 Å². The van der Waals surface area contributed by atoms with Gasteiger partial charge in [0.2, 0.25) is 11.8 Å². The van der Waals surface area contributed by atoms with Crippen LogP contribution in [0.4, 0.5) is 5.69 Å². The number of nitrogens with zero attached hydrogens (tertiary/aromatic N) is 2. The molecule has 0 aliphatic carbocycles. The second-order valence-corrected chi connectivity index (χ2v) is 2.68. The third kappa shape index (κ3) is 2.80. The first-order chi connectivity index (χ1) is 7.21. The van der Waals surface area contributed by atoms with Gasteiger partial charge in [-0.25, -0.2) is 4.98 Å². The van der Waals surface area contributed by atoms with Gasteiger partial charge in [-0.15, -0.1) is 0 Å². The largest absolute Gasteiger partial charge is 0.479 e. The number of ether oxygens (including phenoxy) is 2. The number of amides is 1. The summed E-state index contributed by atoms with van der Waals surface area (Å²) in [5, 5.41) is 2.62. The molecule has 1 aromatic heterocycles. The summed E-state index contributed by atoms with van der Waals surface area (Å²) in [6.45, 7) is 1.76. The summed E-state index contributed by atoms with van der Waals surface area (Å²) in [6.07, 6.45) is 1.83. The van der Waals surface area contributed by atoms with E-state index in [9.17, 15) is 4.79 Å². The van der Waals surface area contributed by atoms with Gasteiger partial charge in [0.05, 0.1) is 20.4 Å². The second kappa shape index (κ2) is 5.14. The molecule has 0 atom stereocenters. The van der Waals surface area contributed by atoms with E-state index in [2.05, 4.69) is 15.3 Å². The maximum absolute atomic E-state index is 11.2. The highest BCUT2D eigenvalue weighted by molar-refractivity contribution is 5.91. The van der Waals surface area contributed by atoms with Crippen LogP contribution >= 0.6 is 0 Å². The van der Waals surface area contributed by atoms with Crippen molar-refractivity contribution in [1.29, 1.82) is 0 Å². The Kier molecular flexibility index (Phi) is 3.84. The monoisotopic (exact) mass is 211 g/mol. The van der Waals surface area contributed by atoms with E-state index < -0.39 is 0 Å². The molecule has 1 N–H and O–H groups in total. The summed E-state index contributed by atoms with van der Waals surface area (Å²) in [6, 6.07) is 0.196. The van der Waals surface area contributed by atoms with Crippen LogP contribution in [0.3, 0.4) is 0 Å². The molecule has 6 heteroatoms. The molecule has 82 valence electrons.